The van der Waals surface area contributed by atoms with E-state index >= 15 is 0 Å². The second-order valence-corrected chi connectivity index (χ2v) is 9.09. The molecule has 0 unspecified atom stereocenters. The number of aromatic nitrogens is 5. The molecule has 2 N–H and O–H groups in total. The number of aromatic amines is 1. The van der Waals surface area contributed by atoms with Crippen molar-refractivity contribution in [1.82, 2.24) is 24.3 Å². The number of imidazole rings is 1. The maximum atomic E-state index is 12.8. The Hall–Kier alpha value is -3.68. The fourth-order valence-corrected chi connectivity index (χ4v) is 5.23. The zero-order chi connectivity index (χ0) is 22.4. The molecule has 3 heterocycles. The van der Waals surface area contributed by atoms with Gasteiger partial charge in [0.05, 0.1) is 11.0 Å². The Labute approximate surface area is 190 Å². The van der Waals surface area contributed by atoms with Crippen molar-refractivity contribution in [3.05, 3.63) is 75.7 Å². The molecule has 1 amide bonds. The van der Waals surface area contributed by atoms with Gasteiger partial charge in [0.15, 0.2) is 0 Å². The van der Waals surface area contributed by atoms with Crippen LogP contribution in [0.3, 0.4) is 0 Å². The average molecular weight is 443 g/mol. The van der Waals surface area contributed by atoms with Crippen LogP contribution in [-0.2, 0) is 19.4 Å². The van der Waals surface area contributed by atoms with Crippen molar-refractivity contribution in [3.8, 4) is 0 Å². The normalized spacial score (nSPS) is 15.9. The summed E-state index contributed by atoms with van der Waals surface area (Å²) >= 11 is 0. The van der Waals surface area contributed by atoms with Crippen LogP contribution in [0.15, 0.2) is 47.3 Å². The second kappa shape index (κ2) is 8.03. The number of fused-ring (bicyclic) bond motifs is 2. The van der Waals surface area contributed by atoms with E-state index in [2.05, 4.69) is 25.1 Å². The average Bonchev–Trinajstić information content (AvgIpc) is 3.59. The number of nitrogens with one attached hydrogen (secondary N) is 2. The van der Waals surface area contributed by atoms with Gasteiger partial charge in [0.1, 0.15) is 11.6 Å². The number of hydrogen-bond donors (Lipinski definition) is 2. The molecule has 0 saturated heterocycles. The predicted molar refractivity (Wildman–Crippen MR) is 126 cm³/mol. The molecule has 6 rings (SSSR count). The Morgan fingerprint density at radius 3 is 2.70 bits per heavy atom. The number of nitrogens with zero attached hydrogens (tertiary/aromatic N) is 4. The van der Waals surface area contributed by atoms with Gasteiger partial charge in [-0.1, -0.05) is 25.0 Å². The fraction of sp³-hybridized carbons (Fsp3) is 0.360. The monoisotopic (exact) mass is 442 g/mol. The van der Waals surface area contributed by atoms with E-state index in [1.807, 2.05) is 34.9 Å². The van der Waals surface area contributed by atoms with E-state index < -0.39 is 0 Å². The second-order valence-electron chi connectivity index (χ2n) is 9.09. The van der Waals surface area contributed by atoms with E-state index in [1.54, 1.807) is 12.1 Å². The van der Waals surface area contributed by atoms with E-state index in [4.69, 9.17) is 0 Å². The topological polar surface area (TPSA) is 97.6 Å². The number of benzene rings is 2. The zero-order valence-corrected chi connectivity index (χ0v) is 18.4. The first-order chi connectivity index (χ1) is 16.2. The summed E-state index contributed by atoms with van der Waals surface area (Å²) in [5.41, 5.74) is 3.85. The zero-order valence-electron chi connectivity index (χ0n) is 18.4. The van der Waals surface area contributed by atoms with E-state index in [9.17, 15) is 9.59 Å². The van der Waals surface area contributed by atoms with Crippen LogP contribution in [0.2, 0.25) is 0 Å². The molecule has 4 aromatic rings. The summed E-state index contributed by atoms with van der Waals surface area (Å²) in [6, 6.07) is 13.5. The molecule has 1 aliphatic carbocycles. The highest BCUT2D eigenvalue weighted by atomic mass is 16.2. The summed E-state index contributed by atoms with van der Waals surface area (Å²) in [5, 5.41) is 11.5. The van der Waals surface area contributed by atoms with Gasteiger partial charge in [0.25, 0.3) is 5.91 Å². The molecular formula is C25H26N6O2. The molecule has 8 heteroatoms. The summed E-state index contributed by atoms with van der Waals surface area (Å²) < 4.78 is 4.06. The highest BCUT2D eigenvalue weighted by Gasteiger charge is 2.22. The smallest absolute Gasteiger partial charge is 0.322 e. The summed E-state index contributed by atoms with van der Waals surface area (Å²) in [4.78, 5) is 28.3. The van der Waals surface area contributed by atoms with Gasteiger partial charge < -0.3 is 14.9 Å². The molecule has 2 aromatic carbocycles. The molecule has 168 valence electrons. The number of anilines is 1. The van der Waals surface area contributed by atoms with Gasteiger partial charge in [-0.25, -0.2) is 4.79 Å². The Morgan fingerprint density at radius 2 is 1.88 bits per heavy atom. The third-order valence-electron chi connectivity index (χ3n) is 6.93. The molecule has 2 aliphatic rings. The Kier molecular flexibility index (Phi) is 4.86. The Balaban J connectivity index is 1.17. The molecule has 0 radical (unpaired) electrons. The first-order valence-electron chi connectivity index (χ1n) is 11.7. The van der Waals surface area contributed by atoms with E-state index in [1.165, 1.54) is 0 Å². The van der Waals surface area contributed by atoms with E-state index in [-0.39, 0.29) is 17.6 Å². The van der Waals surface area contributed by atoms with E-state index in [0.717, 1.165) is 79.9 Å². The molecule has 2 aromatic heterocycles. The van der Waals surface area contributed by atoms with Gasteiger partial charge in [0.2, 0.25) is 0 Å². The Morgan fingerprint density at radius 1 is 1.06 bits per heavy atom. The number of rotatable bonds is 5. The summed E-state index contributed by atoms with van der Waals surface area (Å²) in [6.45, 7) is 0.992. The lowest BCUT2D eigenvalue weighted by Gasteiger charge is -2.11. The van der Waals surface area contributed by atoms with Crippen molar-refractivity contribution in [3.63, 3.8) is 0 Å². The van der Waals surface area contributed by atoms with Gasteiger partial charge in [-0.2, -0.15) is 0 Å². The van der Waals surface area contributed by atoms with Crippen molar-refractivity contribution < 1.29 is 4.79 Å². The molecule has 8 nitrogen and oxygen atoms in total. The minimum absolute atomic E-state index is 0.0941. The molecule has 1 saturated carbocycles. The maximum absolute atomic E-state index is 12.8. The molecule has 1 fully saturated rings. The molecule has 0 spiro atoms. The summed E-state index contributed by atoms with van der Waals surface area (Å²) in [5.74, 6) is 1.87. The molecule has 0 bridgehead atoms. The lowest BCUT2D eigenvalue weighted by Crippen LogP contribution is -2.20. The van der Waals surface area contributed by atoms with Crippen LogP contribution in [0.4, 0.5) is 5.69 Å². The number of hydrogen-bond acceptors (Lipinski definition) is 4. The van der Waals surface area contributed by atoms with Crippen molar-refractivity contribution in [2.75, 3.05) is 5.32 Å². The number of carbonyl (C=O) groups excluding carboxylic acids is 1. The largest absolute Gasteiger partial charge is 0.326 e. The number of amides is 1. The highest BCUT2D eigenvalue weighted by molar-refractivity contribution is 6.05. The van der Waals surface area contributed by atoms with Crippen LogP contribution in [0.25, 0.3) is 11.0 Å². The highest BCUT2D eigenvalue weighted by Crippen LogP contribution is 2.30. The van der Waals surface area contributed by atoms with Gasteiger partial charge in [-0.3, -0.25) is 9.36 Å². The van der Waals surface area contributed by atoms with Crippen LogP contribution >= 0.6 is 0 Å². The van der Waals surface area contributed by atoms with Crippen molar-refractivity contribution in [2.45, 2.75) is 57.5 Å². The van der Waals surface area contributed by atoms with Crippen LogP contribution in [0.1, 0.15) is 65.7 Å². The van der Waals surface area contributed by atoms with Crippen LogP contribution in [0.5, 0.6) is 0 Å². The first kappa shape index (κ1) is 20.0. The summed E-state index contributed by atoms with van der Waals surface area (Å²) in [7, 11) is 0. The molecule has 33 heavy (non-hydrogen) atoms. The standard InChI is InChI=1S/C25H26N6O2/c32-24(17-9-12-21-20(15-17)27-25(33)31(21)19-4-1-2-5-19)26-18-10-7-16(8-11-18)14-23-29-28-22-6-3-13-30(22)23/h7-12,15,19H,1-6,13-14H2,(H,26,32)(H,27,33). The van der Waals surface area contributed by atoms with E-state index in [0.29, 0.717) is 11.1 Å². The molecular weight excluding hydrogens is 416 g/mol. The van der Waals surface area contributed by atoms with Gasteiger partial charge in [0, 0.05) is 36.7 Å². The predicted octanol–water partition coefficient (Wildman–Crippen LogP) is 3.83. The van der Waals surface area contributed by atoms with Crippen LogP contribution < -0.4 is 11.0 Å². The number of H-pyrrole nitrogens is 1. The molecule has 1 aliphatic heterocycles. The van der Waals surface area contributed by atoms with Gasteiger partial charge >= 0.3 is 5.69 Å². The quantitative estimate of drug-likeness (QED) is 0.491. The van der Waals surface area contributed by atoms with Crippen molar-refractivity contribution in [1.29, 1.82) is 0 Å². The number of aryl methyl sites for hydroxylation is 1. The van der Waals surface area contributed by atoms with Crippen molar-refractivity contribution >= 4 is 22.6 Å². The Bertz CT molecular complexity index is 1390. The van der Waals surface area contributed by atoms with Crippen LogP contribution in [-0.4, -0.2) is 30.2 Å². The minimum atomic E-state index is -0.200. The summed E-state index contributed by atoms with van der Waals surface area (Å²) in [6.07, 6.45) is 7.24. The lowest BCUT2D eigenvalue weighted by molar-refractivity contribution is 0.102. The molecule has 0 atom stereocenters. The SMILES string of the molecule is O=C(Nc1ccc(Cc2nnc3n2CCC3)cc1)c1ccc2c(c1)[nH]c(=O)n2C1CCCC1. The maximum Gasteiger partial charge on any atom is 0.326 e. The third-order valence-corrected chi connectivity index (χ3v) is 6.93. The van der Waals surface area contributed by atoms with Gasteiger partial charge in [-0.15, -0.1) is 10.2 Å². The third kappa shape index (κ3) is 3.65. The number of carbonyl (C=O) groups is 1. The lowest BCUT2D eigenvalue weighted by atomic mass is 10.1. The van der Waals surface area contributed by atoms with Crippen LogP contribution in [0, 0.1) is 0 Å². The fourth-order valence-electron chi connectivity index (χ4n) is 5.23. The van der Waals surface area contributed by atoms with Crippen molar-refractivity contribution in [2.24, 2.45) is 0 Å². The van der Waals surface area contributed by atoms with Gasteiger partial charge in [-0.05, 0) is 55.2 Å². The minimum Gasteiger partial charge on any atom is -0.322 e. The first-order valence-corrected chi connectivity index (χ1v) is 11.7.